The molecule has 2 fully saturated rings. The van der Waals surface area contributed by atoms with Crippen molar-refractivity contribution in [3.8, 4) is 0 Å². The van der Waals surface area contributed by atoms with Gasteiger partial charge < -0.3 is 25.6 Å². The van der Waals surface area contributed by atoms with Gasteiger partial charge in [-0.2, -0.15) is 0 Å². The lowest BCUT2D eigenvalue weighted by atomic mass is 9.85. The summed E-state index contributed by atoms with van der Waals surface area (Å²) in [4.78, 5) is 65.0. The van der Waals surface area contributed by atoms with Gasteiger partial charge >= 0.3 is 5.97 Å². The quantitative estimate of drug-likeness (QED) is 0.315. The Morgan fingerprint density at radius 1 is 1.28 bits per heavy atom. The standard InChI is InChI=1S/C25H30FN7O6/c1-14-20(29-30-33(14)11-17-6-4-7-18(26)10-17)23(37)32-9-5-8-25(32)13-31(24(25)38)12-19(35)28-21(22(27)36)15(2)39-16(3)34/h4,6-7,10,15,21H,5,8-9,11-13H2,1-3H3,(H2,27,36)(H,28,35)/t15-,21+,25?/m1/s1. The van der Waals surface area contributed by atoms with Crippen LogP contribution in [-0.2, 0) is 30.5 Å². The lowest BCUT2D eigenvalue weighted by Crippen LogP contribution is -2.74. The number of nitrogens with two attached hydrogens (primary N) is 1. The third kappa shape index (κ3) is 5.45. The second-order valence-corrected chi connectivity index (χ2v) is 9.83. The predicted molar refractivity (Wildman–Crippen MR) is 132 cm³/mol. The highest BCUT2D eigenvalue weighted by atomic mass is 19.1. The first kappa shape index (κ1) is 27.7. The van der Waals surface area contributed by atoms with Gasteiger partial charge in [0.05, 0.1) is 25.3 Å². The first-order valence-electron chi connectivity index (χ1n) is 12.4. The number of rotatable bonds is 9. The summed E-state index contributed by atoms with van der Waals surface area (Å²) >= 11 is 0. The number of likely N-dealkylation sites (tertiary alicyclic amines) is 2. The van der Waals surface area contributed by atoms with Crippen molar-refractivity contribution in [2.24, 2.45) is 5.73 Å². The Bertz CT molecular complexity index is 1330. The van der Waals surface area contributed by atoms with Gasteiger partial charge in [-0.05, 0) is 44.4 Å². The number of primary amides is 1. The topological polar surface area (TPSA) is 170 Å². The molecule has 0 bridgehead atoms. The zero-order chi connectivity index (χ0) is 28.5. The van der Waals surface area contributed by atoms with Crippen molar-refractivity contribution in [1.29, 1.82) is 0 Å². The Kier molecular flexibility index (Phi) is 7.65. The highest BCUT2D eigenvalue weighted by Crippen LogP contribution is 2.39. The van der Waals surface area contributed by atoms with Crippen LogP contribution in [0.2, 0.25) is 0 Å². The van der Waals surface area contributed by atoms with Crippen molar-refractivity contribution in [3.63, 3.8) is 0 Å². The van der Waals surface area contributed by atoms with Crippen molar-refractivity contribution < 1.29 is 33.1 Å². The summed E-state index contributed by atoms with van der Waals surface area (Å²) in [6, 6.07) is 4.76. The SMILES string of the molecule is CC(=O)O[C@H](C)[C@H](NC(=O)CN1CC2(CCCN2C(=O)c2nnn(Cc3cccc(F)c3)c2C)C1=O)C(N)=O. The molecule has 2 aliphatic heterocycles. The summed E-state index contributed by atoms with van der Waals surface area (Å²) in [6.07, 6.45) is 0.0277. The van der Waals surface area contributed by atoms with Gasteiger partial charge in [-0.1, -0.05) is 17.3 Å². The maximum absolute atomic E-state index is 13.6. The molecule has 3 N–H and O–H groups in total. The minimum Gasteiger partial charge on any atom is -0.460 e. The zero-order valence-electron chi connectivity index (χ0n) is 21.8. The molecule has 1 unspecified atom stereocenters. The van der Waals surface area contributed by atoms with E-state index in [-0.39, 0.29) is 31.1 Å². The molecule has 1 aromatic carbocycles. The fourth-order valence-electron chi connectivity index (χ4n) is 5.13. The van der Waals surface area contributed by atoms with Gasteiger partial charge in [-0.25, -0.2) is 9.07 Å². The average molecular weight is 544 g/mol. The number of nitrogens with zero attached hydrogens (tertiary/aromatic N) is 5. The van der Waals surface area contributed by atoms with Gasteiger partial charge in [0.2, 0.25) is 11.8 Å². The molecule has 0 aliphatic carbocycles. The Balaban J connectivity index is 1.41. The average Bonchev–Trinajstić information content (AvgIpc) is 3.46. The molecule has 4 amide bonds. The van der Waals surface area contributed by atoms with Crippen molar-refractivity contribution in [1.82, 2.24) is 30.1 Å². The number of benzene rings is 1. The third-order valence-corrected chi connectivity index (χ3v) is 7.06. The van der Waals surface area contributed by atoms with E-state index < -0.39 is 47.3 Å². The molecule has 0 radical (unpaired) electrons. The van der Waals surface area contributed by atoms with Crippen LogP contribution < -0.4 is 11.1 Å². The van der Waals surface area contributed by atoms with Gasteiger partial charge in [-0.3, -0.25) is 24.0 Å². The highest BCUT2D eigenvalue weighted by molar-refractivity contribution is 6.03. The number of esters is 1. The lowest BCUT2D eigenvalue weighted by molar-refractivity contribution is -0.161. The van der Waals surface area contributed by atoms with Crippen molar-refractivity contribution in [2.75, 3.05) is 19.6 Å². The number of carbonyl (C=O) groups excluding carboxylic acids is 5. The fraction of sp³-hybridized carbons (Fsp3) is 0.480. The molecule has 4 rings (SSSR count). The van der Waals surface area contributed by atoms with E-state index in [4.69, 9.17) is 10.5 Å². The lowest BCUT2D eigenvalue weighted by Gasteiger charge is -2.50. The number of hydrogen-bond acceptors (Lipinski definition) is 8. The summed E-state index contributed by atoms with van der Waals surface area (Å²) in [5, 5.41) is 10.5. The molecular formula is C25H30FN7O6. The summed E-state index contributed by atoms with van der Waals surface area (Å²) in [7, 11) is 0. The normalized spacial score (nSPS) is 19.9. The number of carbonyl (C=O) groups is 5. The minimum atomic E-state index is -1.27. The monoisotopic (exact) mass is 543 g/mol. The molecule has 3 atom stereocenters. The third-order valence-electron chi connectivity index (χ3n) is 7.06. The Morgan fingerprint density at radius 3 is 2.67 bits per heavy atom. The number of hydrogen-bond donors (Lipinski definition) is 2. The Labute approximate surface area is 223 Å². The van der Waals surface area contributed by atoms with Crippen molar-refractivity contribution in [3.05, 3.63) is 47.0 Å². The maximum Gasteiger partial charge on any atom is 0.302 e. The van der Waals surface area contributed by atoms with Gasteiger partial charge in [0.25, 0.3) is 11.8 Å². The summed E-state index contributed by atoms with van der Waals surface area (Å²) in [6.45, 7) is 4.59. The molecule has 13 nitrogen and oxygen atoms in total. The fourth-order valence-corrected chi connectivity index (χ4v) is 5.13. The van der Waals surface area contributed by atoms with E-state index >= 15 is 0 Å². The zero-order valence-corrected chi connectivity index (χ0v) is 21.8. The van der Waals surface area contributed by atoms with E-state index in [2.05, 4.69) is 15.6 Å². The van der Waals surface area contributed by atoms with E-state index in [0.717, 1.165) is 6.92 Å². The Morgan fingerprint density at radius 2 is 2.03 bits per heavy atom. The Hall–Kier alpha value is -4.36. The molecular weight excluding hydrogens is 513 g/mol. The summed E-state index contributed by atoms with van der Waals surface area (Å²) in [5.74, 6) is -3.41. The van der Waals surface area contributed by atoms with Crippen LogP contribution in [0.4, 0.5) is 4.39 Å². The van der Waals surface area contributed by atoms with Crippen LogP contribution in [0, 0.1) is 12.7 Å². The van der Waals surface area contributed by atoms with E-state index in [1.54, 1.807) is 19.1 Å². The molecule has 3 heterocycles. The maximum atomic E-state index is 13.6. The second kappa shape index (κ2) is 10.8. The van der Waals surface area contributed by atoms with Crippen LogP contribution >= 0.6 is 0 Å². The van der Waals surface area contributed by atoms with E-state index in [0.29, 0.717) is 30.6 Å². The predicted octanol–water partition coefficient (Wildman–Crippen LogP) is -0.487. The van der Waals surface area contributed by atoms with Crippen LogP contribution in [0.1, 0.15) is 48.4 Å². The van der Waals surface area contributed by atoms with Crippen molar-refractivity contribution in [2.45, 2.75) is 57.8 Å². The molecule has 2 aliphatic rings. The number of ether oxygens (including phenoxy) is 1. The van der Waals surface area contributed by atoms with Crippen LogP contribution in [-0.4, -0.2) is 91.7 Å². The van der Waals surface area contributed by atoms with Gasteiger partial charge in [0.15, 0.2) is 5.69 Å². The second-order valence-electron chi connectivity index (χ2n) is 9.83. The number of aromatic nitrogens is 3. The van der Waals surface area contributed by atoms with Gasteiger partial charge in [0, 0.05) is 13.5 Å². The number of amides is 4. The van der Waals surface area contributed by atoms with E-state index in [1.807, 2.05) is 0 Å². The highest BCUT2D eigenvalue weighted by Gasteiger charge is 2.60. The first-order valence-corrected chi connectivity index (χ1v) is 12.4. The smallest absolute Gasteiger partial charge is 0.302 e. The summed E-state index contributed by atoms with van der Waals surface area (Å²) in [5.41, 5.74) is 5.47. The van der Waals surface area contributed by atoms with E-state index in [1.165, 1.54) is 33.5 Å². The number of halogens is 1. The molecule has 208 valence electrons. The number of β-lactam (4-membered cyclic amide) rings is 1. The van der Waals surface area contributed by atoms with Gasteiger partial charge in [0.1, 0.15) is 23.5 Å². The molecule has 14 heteroatoms. The molecule has 2 saturated heterocycles. The van der Waals surface area contributed by atoms with Gasteiger partial charge in [-0.15, -0.1) is 5.10 Å². The van der Waals surface area contributed by atoms with Crippen molar-refractivity contribution >= 4 is 29.6 Å². The number of nitrogens with one attached hydrogen (secondary N) is 1. The van der Waals surface area contributed by atoms with E-state index in [9.17, 15) is 28.4 Å². The molecule has 39 heavy (non-hydrogen) atoms. The van der Waals surface area contributed by atoms with Crippen LogP contribution in [0.15, 0.2) is 24.3 Å². The molecule has 1 aromatic heterocycles. The largest absolute Gasteiger partial charge is 0.460 e. The summed E-state index contributed by atoms with van der Waals surface area (Å²) < 4.78 is 20.0. The van der Waals surface area contributed by atoms with Crippen LogP contribution in [0.25, 0.3) is 0 Å². The first-order chi connectivity index (χ1) is 18.4. The minimum absolute atomic E-state index is 0.0976. The molecule has 2 aromatic rings. The van der Waals surface area contributed by atoms with Crippen LogP contribution in [0.5, 0.6) is 0 Å². The molecule has 1 spiro atoms. The van der Waals surface area contributed by atoms with Crippen LogP contribution in [0.3, 0.4) is 0 Å². The molecule has 0 saturated carbocycles.